The average Bonchev–Trinajstić information content (AvgIpc) is 3.18. The molecular formula is C28H29Cl3SiTi. The van der Waals surface area contributed by atoms with Crippen LogP contribution in [-0.2, 0) is 21.7 Å². The molecule has 3 aromatic carbocycles. The summed E-state index contributed by atoms with van der Waals surface area (Å²) in [4.78, 5) is 0. The van der Waals surface area contributed by atoms with Crippen molar-refractivity contribution in [2.24, 2.45) is 0 Å². The van der Waals surface area contributed by atoms with E-state index in [1.807, 2.05) is 0 Å². The Balaban J connectivity index is 0.00000256. The van der Waals surface area contributed by atoms with E-state index in [4.69, 9.17) is 0 Å². The number of allylic oxidation sites excluding steroid dienone is 4. The molecule has 1 aliphatic carbocycles. The van der Waals surface area contributed by atoms with Crippen molar-refractivity contribution >= 4 is 23.6 Å². The number of hydrogen-bond donors (Lipinski definition) is 0. The monoisotopic (exact) mass is 546 g/mol. The van der Waals surface area contributed by atoms with Crippen LogP contribution < -0.4 is 52.8 Å². The molecule has 0 aliphatic heterocycles. The summed E-state index contributed by atoms with van der Waals surface area (Å²) in [5.74, 6) is 0. The molecule has 0 unspecified atom stereocenters. The Kier molecular flexibility index (Phi) is 13.3. The van der Waals surface area contributed by atoms with Crippen molar-refractivity contribution in [3.8, 4) is 0 Å². The molecule has 0 radical (unpaired) electrons. The zero-order valence-corrected chi connectivity index (χ0v) is 24.4. The first-order valence-corrected chi connectivity index (χ1v) is 12.6. The summed E-state index contributed by atoms with van der Waals surface area (Å²) in [6.07, 6.45) is 7.89. The molecule has 0 N–H and O–H groups in total. The zero-order valence-electron chi connectivity index (χ0n) is 19.6. The van der Waals surface area contributed by atoms with E-state index in [-0.39, 0.29) is 58.9 Å². The van der Waals surface area contributed by atoms with Gasteiger partial charge in [-0.05, 0) is 20.8 Å². The van der Waals surface area contributed by atoms with Crippen LogP contribution in [0, 0.1) is 26.8 Å². The fraction of sp³-hybridized carbons (Fsp3) is 0.214. The van der Waals surface area contributed by atoms with Crippen molar-refractivity contribution in [1.82, 2.24) is 0 Å². The van der Waals surface area contributed by atoms with Crippen LogP contribution in [0.5, 0.6) is 0 Å². The summed E-state index contributed by atoms with van der Waals surface area (Å²) in [7, 11) is -2.38. The summed E-state index contributed by atoms with van der Waals surface area (Å²) >= 11 is 0. The van der Waals surface area contributed by atoms with Crippen LogP contribution in [0.1, 0.15) is 36.5 Å². The third-order valence-corrected chi connectivity index (χ3v) is 11.0. The van der Waals surface area contributed by atoms with Gasteiger partial charge in [0.1, 0.15) is 0 Å². The minimum absolute atomic E-state index is 0. The van der Waals surface area contributed by atoms with E-state index in [2.05, 4.69) is 113 Å². The maximum Gasteiger partial charge on any atom is 4.00 e. The predicted octanol–water partition coefficient (Wildman–Crippen LogP) is -3.90. The minimum atomic E-state index is -2.38. The van der Waals surface area contributed by atoms with Gasteiger partial charge in [-0.15, -0.1) is 0 Å². The van der Waals surface area contributed by atoms with Gasteiger partial charge in [-0.25, -0.2) is 10.8 Å². The fourth-order valence-corrected chi connectivity index (χ4v) is 10.4. The SMILES string of the molecule is CCC1=C([Si](c2cccc(C)c2)(c2cccc(C)c2)c2cccc(C)c2)CC=[C-]1.[Cl-].[Cl-].[Cl-].[Ti+4]. The first-order valence-electron chi connectivity index (χ1n) is 10.6. The van der Waals surface area contributed by atoms with E-state index in [1.165, 1.54) is 37.8 Å². The molecule has 3 aromatic rings. The average molecular weight is 548 g/mol. The van der Waals surface area contributed by atoms with Crippen LogP contribution in [0.2, 0.25) is 0 Å². The van der Waals surface area contributed by atoms with Crippen LogP contribution in [0.4, 0.5) is 0 Å². The molecule has 0 saturated heterocycles. The van der Waals surface area contributed by atoms with Gasteiger partial charge in [0, 0.05) is 0 Å². The topological polar surface area (TPSA) is 0 Å². The standard InChI is InChI=1S/C28H29Si.3ClH.Ti/c1-5-24-13-9-17-28(24)29(25-14-6-10-21(2)18-25,26-15-7-11-22(3)19-26)27-16-8-12-23(4)20-27;;;;/h6-12,14-16,18-20H,5,17H2,1-4H3;3*1H;/q-1;;;;+4/p-3. The van der Waals surface area contributed by atoms with Gasteiger partial charge in [0.15, 0.2) is 0 Å². The second kappa shape index (κ2) is 13.7. The van der Waals surface area contributed by atoms with Gasteiger partial charge in [0.25, 0.3) is 0 Å². The van der Waals surface area contributed by atoms with Gasteiger partial charge in [-0.1, -0.05) is 125 Å². The normalized spacial score (nSPS) is 12.2. The molecule has 0 aromatic heterocycles. The van der Waals surface area contributed by atoms with Crippen LogP contribution in [0.3, 0.4) is 0 Å². The molecule has 0 heterocycles. The van der Waals surface area contributed by atoms with Crippen molar-refractivity contribution in [2.75, 3.05) is 0 Å². The van der Waals surface area contributed by atoms with Crippen molar-refractivity contribution in [3.63, 3.8) is 0 Å². The molecule has 1 aliphatic rings. The molecule has 4 rings (SSSR count). The van der Waals surface area contributed by atoms with Crippen molar-refractivity contribution in [3.05, 3.63) is 112 Å². The van der Waals surface area contributed by atoms with Crippen LogP contribution >= 0.6 is 0 Å². The largest absolute Gasteiger partial charge is 4.00 e. The fourth-order valence-electron chi connectivity index (χ4n) is 4.84. The van der Waals surface area contributed by atoms with Gasteiger partial charge in [0.2, 0.25) is 0 Å². The Morgan fingerprint density at radius 2 is 1.09 bits per heavy atom. The number of benzene rings is 3. The van der Waals surface area contributed by atoms with Crippen molar-refractivity contribution < 1.29 is 58.9 Å². The Morgan fingerprint density at radius 1 is 0.697 bits per heavy atom. The molecule has 0 saturated carbocycles. The maximum absolute atomic E-state index is 3.60. The molecule has 0 spiro atoms. The summed E-state index contributed by atoms with van der Waals surface area (Å²) in [6.45, 7) is 8.90. The van der Waals surface area contributed by atoms with Gasteiger partial charge in [0.05, 0.1) is 8.07 Å². The van der Waals surface area contributed by atoms with Gasteiger partial charge in [-0.2, -0.15) is 6.08 Å². The summed E-state index contributed by atoms with van der Waals surface area (Å²) < 4.78 is 0. The Hall–Kier alpha value is -1.06. The van der Waals surface area contributed by atoms with E-state index < -0.39 is 8.07 Å². The second-order valence-corrected chi connectivity index (χ2v) is 12.1. The number of aryl methyl sites for hydroxylation is 3. The van der Waals surface area contributed by atoms with E-state index in [0.717, 1.165) is 12.8 Å². The van der Waals surface area contributed by atoms with E-state index in [1.54, 1.807) is 5.20 Å². The summed E-state index contributed by atoms with van der Waals surface area (Å²) in [6, 6.07) is 27.7. The molecule has 0 nitrogen and oxygen atoms in total. The zero-order chi connectivity index (χ0) is 20.4. The number of halogens is 3. The first-order chi connectivity index (χ1) is 14.1. The summed E-state index contributed by atoms with van der Waals surface area (Å²) in [5.41, 5.74) is 5.39. The molecular weight excluding hydrogens is 519 g/mol. The van der Waals surface area contributed by atoms with E-state index >= 15 is 0 Å². The Labute approximate surface area is 234 Å². The third kappa shape index (κ3) is 6.15. The molecule has 0 atom stereocenters. The van der Waals surface area contributed by atoms with Crippen LogP contribution in [-0.4, -0.2) is 8.07 Å². The summed E-state index contributed by atoms with van der Waals surface area (Å²) in [5, 5.41) is 6.03. The maximum atomic E-state index is 3.60. The smallest absolute Gasteiger partial charge is 1.00 e. The number of hydrogen-bond acceptors (Lipinski definition) is 0. The Bertz CT molecular complexity index is 1010. The first kappa shape index (κ1) is 31.9. The van der Waals surface area contributed by atoms with Gasteiger partial charge in [-0.3, -0.25) is 6.08 Å². The van der Waals surface area contributed by atoms with Gasteiger partial charge < -0.3 is 37.2 Å². The van der Waals surface area contributed by atoms with Crippen LogP contribution in [0.15, 0.2) is 89.6 Å². The van der Waals surface area contributed by atoms with E-state index in [9.17, 15) is 0 Å². The van der Waals surface area contributed by atoms with Gasteiger partial charge >= 0.3 is 21.7 Å². The molecule has 0 fully saturated rings. The molecule has 5 heteroatoms. The molecule has 170 valence electrons. The van der Waals surface area contributed by atoms with E-state index in [0.29, 0.717) is 0 Å². The second-order valence-electron chi connectivity index (χ2n) is 8.22. The van der Waals surface area contributed by atoms with Crippen molar-refractivity contribution in [2.45, 2.75) is 40.5 Å². The Morgan fingerprint density at radius 3 is 1.42 bits per heavy atom. The van der Waals surface area contributed by atoms with Crippen molar-refractivity contribution in [1.29, 1.82) is 0 Å². The molecule has 0 bridgehead atoms. The third-order valence-electron chi connectivity index (χ3n) is 6.11. The quantitative estimate of drug-likeness (QED) is 0.174. The predicted molar refractivity (Wildman–Crippen MR) is 128 cm³/mol. The number of rotatable bonds is 5. The minimum Gasteiger partial charge on any atom is -1.00 e. The molecule has 0 amide bonds. The molecule has 33 heavy (non-hydrogen) atoms. The van der Waals surface area contributed by atoms with Crippen LogP contribution in [0.25, 0.3) is 0 Å².